The highest BCUT2D eigenvalue weighted by molar-refractivity contribution is 6.30. The highest BCUT2D eigenvalue weighted by atomic mass is 35.5. The van der Waals surface area contributed by atoms with Gasteiger partial charge < -0.3 is 9.52 Å². The highest BCUT2D eigenvalue weighted by Gasteiger charge is 2.12. The van der Waals surface area contributed by atoms with Gasteiger partial charge in [0.15, 0.2) is 0 Å². The Kier molecular flexibility index (Phi) is 5.06. The monoisotopic (exact) mass is 404 g/mol. The lowest BCUT2D eigenvalue weighted by atomic mass is 10.1. The molecule has 0 aliphatic rings. The zero-order valence-electron chi connectivity index (χ0n) is 15.5. The summed E-state index contributed by atoms with van der Waals surface area (Å²) in [5, 5.41) is 16.4. The smallest absolute Gasteiger partial charge is 0.275 e. The van der Waals surface area contributed by atoms with Gasteiger partial charge in [-0.1, -0.05) is 41.9 Å². The molecule has 1 amide bonds. The van der Waals surface area contributed by atoms with Crippen LogP contribution in [0.4, 0.5) is 0 Å². The number of phenolic OH excluding ortho intramolecular Hbond substituents is 1. The van der Waals surface area contributed by atoms with E-state index in [0.717, 1.165) is 21.9 Å². The second-order valence-corrected chi connectivity index (χ2v) is 7.01. The Morgan fingerprint density at radius 3 is 2.62 bits per heavy atom. The van der Waals surface area contributed by atoms with Gasteiger partial charge in [0.1, 0.15) is 17.3 Å². The van der Waals surface area contributed by atoms with E-state index in [0.29, 0.717) is 16.5 Å². The first-order valence-corrected chi connectivity index (χ1v) is 9.30. The van der Waals surface area contributed by atoms with Crippen LogP contribution in [-0.2, 0) is 0 Å². The predicted molar refractivity (Wildman–Crippen MR) is 115 cm³/mol. The van der Waals surface area contributed by atoms with Crippen LogP contribution in [0.2, 0.25) is 5.02 Å². The summed E-state index contributed by atoms with van der Waals surface area (Å²) in [5.74, 6) is 0.516. The van der Waals surface area contributed by atoms with Crippen molar-refractivity contribution < 1.29 is 14.3 Å². The van der Waals surface area contributed by atoms with Crippen LogP contribution in [0.25, 0.3) is 22.1 Å². The molecule has 0 fully saturated rings. The molecule has 0 bridgehead atoms. The summed E-state index contributed by atoms with van der Waals surface area (Å²) in [6.07, 6.45) is 1.40. The third-order valence-corrected chi connectivity index (χ3v) is 4.79. The predicted octanol–water partition coefficient (Wildman–Crippen LogP) is 5.53. The van der Waals surface area contributed by atoms with Crippen molar-refractivity contribution in [3.05, 3.63) is 88.6 Å². The minimum absolute atomic E-state index is 0.104. The quantitative estimate of drug-likeness (QED) is 0.347. The molecule has 4 rings (SSSR count). The van der Waals surface area contributed by atoms with E-state index < -0.39 is 5.91 Å². The van der Waals surface area contributed by atoms with Crippen LogP contribution < -0.4 is 5.43 Å². The number of furan rings is 1. The van der Waals surface area contributed by atoms with Crippen molar-refractivity contribution in [3.63, 3.8) is 0 Å². The second-order valence-electron chi connectivity index (χ2n) is 6.58. The molecule has 0 radical (unpaired) electrons. The number of aromatic hydroxyl groups is 1. The Morgan fingerprint density at radius 2 is 1.83 bits per heavy atom. The number of hydrogen-bond acceptors (Lipinski definition) is 4. The van der Waals surface area contributed by atoms with Crippen molar-refractivity contribution in [1.82, 2.24) is 5.43 Å². The van der Waals surface area contributed by atoms with E-state index in [2.05, 4.69) is 10.5 Å². The second kappa shape index (κ2) is 7.81. The summed E-state index contributed by atoms with van der Waals surface area (Å²) < 4.78 is 5.77. The molecule has 0 aliphatic heterocycles. The third-order valence-electron chi connectivity index (χ3n) is 4.56. The number of hydrazone groups is 1. The summed E-state index contributed by atoms with van der Waals surface area (Å²) in [6.45, 7) is 1.97. The van der Waals surface area contributed by atoms with Crippen LogP contribution in [0.1, 0.15) is 21.7 Å². The third kappa shape index (κ3) is 4.00. The molecule has 6 heteroatoms. The van der Waals surface area contributed by atoms with E-state index in [4.69, 9.17) is 16.0 Å². The summed E-state index contributed by atoms with van der Waals surface area (Å²) in [6, 6.07) is 19.8. The first kappa shape index (κ1) is 18.8. The van der Waals surface area contributed by atoms with E-state index in [9.17, 15) is 9.90 Å². The molecule has 0 saturated heterocycles. The molecule has 3 aromatic carbocycles. The number of nitrogens with one attached hydrogen (secondary N) is 1. The minimum Gasteiger partial charge on any atom is -0.507 e. The number of phenols is 1. The largest absolute Gasteiger partial charge is 0.507 e. The maximum Gasteiger partial charge on any atom is 0.275 e. The highest BCUT2D eigenvalue weighted by Crippen LogP contribution is 2.28. The average Bonchev–Trinajstić information content (AvgIpc) is 3.18. The van der Waals surface area contributed by atoms with Gasteiger partial charge in [-0.15, -0.1) is 0 Å². The van der Waals surface area contributed by atoms with E-state index in [1.165, 1.54) is 6.21 Å². The van der Waals surface area contributed by atoms with Crippen molar-refractivity contribution in [2.24, 2.45) is 5.10 Å². The van der Waals surface area contributed by atoms with Gasteiger partial charge in [0.25, 0.3) is 5.91 Å². The van der Waals surface area contributed by atoms with Crippen LogP contribution >= 0.6 is 11.6 Å². The van der Waals surface area contributed by atoms with Crippen molar-refractivity contribution in [2.45, 2.75) is 6.92 Å². The maximum atomic E-state index is 12.4. The Bertz CT molecular complexity index is 1240. The van der Waals surface area contributed by atoms with Gasteiger partial charge in [-0.05, 0) is 59.7 Å². The molecule has 29 heavy (non-hydrogen) atoms. The number of carbonyl (C=O) groups is 1. The Hall–Kier alpha value is -3.57. The standard InChI is InChI=1S/C23H17ClN2O3/c1-14-6-7-17(24)12-19(14)22-9-8-18(29-22)13-25-26-23(28)20-10-15-4-2-3-5-16(15)11-21(20)27/h2-13,27H,1H3,(H,26,28). The lowest BCUT2D eigenvalue weighted by Crippen LogP contribution is -2.17. The van der Waals surface area contributed by atoms with Crippen LogP contribution in [-0.4, -0.2) is 17.2 Å². The Morgan fingerprint density at radius 1 is 1.07 bits per heavy atom. The first-order chi connectivity index (χ1) is 14.0. The summed E-state index contributed by atoms with van der Waals surface area (Å²) in [5.41, 5.74) is 4.49. The molecule has 1 aromatic heterocycles. The molecular formula is C23H17ClN2O3. The topological polar surface area (TPSA) is 74.8 Å². The van der Waals surface area contributed by atoms with Crippen molar-refractivity contribution >= 4 is 34.5 Å². The van der Waals surface area contributed by atoms with Gasteiger partial charge in [0, 0.05) is 10.6 Å². The fourth-order valence-corrected chi connectivity index (χ4v) is 3.22. The minimum atomic E-state index is -0.512. The molecule has 0 unspecified atom stereocenters. The van der Waals surface area contributed by atoms with Gasteiger partial charge >= 0.3 is 0 Å². The SMILES string of the molecule is Cc1ccc(Cl)cc1-c1ccc(C=NNC(=O)c2cc3ccccc3cc2O)o1. The summed E-state index contributed by atoms with van der Waals surface area (Å²) >= 11 is 6.06. The van der Waals surface area contributed by atoms with E-state index in [1.807, 2.05) is 55.5 Å². The number of fused-ring (bicyclic) bond motifs is 1. The molecule has 2 N–H and O–H groups in total. The zero-order chi connectivity index (χ0) is 20.4. The fourth-order valence-electron chi connectivity index (χ4n) is 3.05. The summed E-state index contributed by atoms with van der Waals surface area (Å²) in [4.78, 5) is 12.4. The van der Waals surface area contributed by atoms with E-state index >= 15 is 0 Å². The van der Waals surface area contributed by atoms with E-state index in [1.54, 1.807) is 18.2 Å². The molecule has 0 aliphatic carbocycles. The molecule has 144 valence electrons. The number of rotatable bonds is 4. The number of aryl methyl sites for hydroxylation is 1. The fraction of sp³-hybridized carbons (Fsp3) is 0.0435. The molecule has 1 heterocycles. The van der Waals surface area contributed by atoms with Crippen molar-refractivity contribution in [3.8, 4) is 17.1 Å². The van der Waals surface area contributed by atoms with Crippen molar-refractivity contribution in [2.75, 3.05) is 0 Å². The Labute approximate surface area is 172 Å². The van der Waals surface area contributed by atoms with Gasteiger partial charge in [-0.25, -0.2) is 5.43 Å². The van der Waals surface area contributed by atoms with Gasteiger partial charge in [0.05, 0.1) is 11.8 Å². The number of hydrogen-bond donors (Lipinski definition) is 2. The molecule has 0 atom stereocenters. The number of nitrogens with zero attached hydrogens (tertiary/aromatic N) is 1. The lowest BCUT2D eigenvalue weighted by Gasteiger charge is -2.05. The van der Waals surface area contributed by atoms with Gasteiger partial charge in [-0.2, -0.15) is 5.10 Å². The Balaban J connectivity index is 1.50. The molecule has 0 saturated carbocycles. The normalized spacial score (nSPS) is 11.2. The first-order valence-electron chi connectivity index (χ1n) is 8.93. The summed E-state index contributed by atoms with van der Waals surface area (Å²) in [7, 11) is 0. The maximum absolute atomic E-state index is 12.4. The van der Waals surface area contributed by atoms with E-state index in [-0.39, 0.29) is 11.3 Å². The molecule has 5 nitrogen and oxygen atoms in total. The number of halogens is 1. The zero-order valence-corrected chi connectivity index (χ0v) is 16.3. The molecular weight excluding hydrogens is 388 g/mol. The van der Waals surface area contributed by atoms with Crippen LogP contribution in [0.3, 0.4) is 0 Å². The molecule has 0 spiro atoms. The number of amides is 1. The molecule has 4 aromatic rings. The van der Waals surface area contributed by atoms with Crippen molar-refractivity contribution in [1.29, 1.82) is 0 Å². The van der Waals surface area contributed by atoms with Crippen LogP contribution in [0.5, 0.6) is 5.75 Å². The number of carbonyl (C=O) groups excluding carboxylic acids is 1. The van der Waals surface area contributed by atoms with Crippen LogP contribution in [0, 0.1) is 6.92 Å². The van der Waals surface area contributed by atoms with Crippen LogP contribution in [0.15, 0.2) is 76.2 Å². The lowest BCUT2D eigenvalue weighted by molar-refractivity contribution is 0.0952. The average molecular weight is 405 g/mol. The van der Waals surface area contributed by atoms with Gasteiger partial charge in [-0.3, -0.25) is 4.79 Å². The number of benzene rings is 3. The van der Waals surface area contributed by atoms with Gasteiger partial charge in [0.2, 0.25) is 0 Å².